The van der Waals surface area contributed by atoms with Gasteiger partial charge < -0.3 is 0 Å². The van der Waals surface area contributed by atoms with Crippen LogP contribution in [0.25, 0.3) is 0 Å². The number of anilines is 1. The summed E-state index contributed by atoms with van der Waals surface area (Å²) in [6, 6.07) is 9.03. The van der Waals surface area contributed by atoms with E-state index < -0.39 is 0 Å². The summed E-state index contributed by atoms with van der Waals surface area (Å²) in [5.41, 5.74) is 1.26. The second kappa shape index (κ2) is 6.10. The van der Waals surface area contributed by atoms with E-state index in [2.05, 4.69) is 35.1 Å². The molecule has 1 aromatic rings. The summed E-state index contributed by atoms with van der Waals surface area (Å²) in [6.45, 7) is 0. The summed E-state index contributed by atoms with van der Waals surface area (Å²) < 4.78 is 1.22. The Morgan fingerprint density at radius 2 is 1.94 bits per heavy atom. The molecule has 0 saturated heterocycles. The van der Waals surface area contributed by atoms with Crippen LogP contribution in [0.1, 0.15) is 32.1 Å². The van der Waals surface area contributed by atoms with Crippen LogP contribution in [0.2, 0.25) is 0 Å². The van der Waals surface area contributed by atoms with Gasteiger partial charge in [0.2, 0.25) is 0 Å². The van der Waals surface area contributed by atoms with Gasteiger partial charge in [0.1, 0.15) is 0 Å². The van der Waals surface area contributed by atoms with E-state index in [0.29, 0.717) is 6.04 Å². The third kappa shape index (κ3) is 3.03. The van der Waals surface area contributed by atoms with E-state index in [9.17, 15) is 0 Å². The zero-order chi connectivity index (χ0) is 12.1. The molecule has 1 aromatic carbocycles. The van der Waals surface area contributed by atoms with E-state index >= 15 is 0 Å². The van der Waals surface area contributed by atoms with Crippen molar-refractivity contribution in [3.05, 3.63) is 24.3 Å². The van der Waals surface area contributed by atoms with Gasteiger partial charge in [-0.05, 0) is 0 Å². The standard InChI is InChI=1S/C14H18N2Se/c1-16(12-7-3-2-4-8-12)13-9-5-6-10-14(13)17-11-15/h5-6,9-10,12H,2-4,7-8H2,1H3. The first kappa shape index (κ1) is 12.5. The maximum atomic E-state index is 8.90. The van der Waals surface area contributed by atoms with Crippen LogP contribution in [0.15, 0.2) is 24.3 Å². The molecule has 1 fully saturated rings. The van der Waals surface area contributed by atoms with E-state index in [1.54, 1.807) is 0 Å². The predicted octanol–water partition coefficient (Wildman–Crippen LogP) is 2.27. The van der Waals surface area contributed by atoms with Gasteiger partial charge >= 0.3 is 110 Å². The molecular formula is C14H18N2Se. The molecule has 0 spiro atoms. The number of hydrogen-bond donors (Lipinski definition) is 0. The molecule has 2 rings (SSSR count). The topological polar surface area (TPSA) is 27.0 Å². The Hall–Kier alpha value is -0.971. The second-order valence-corrected chi connectivity index (χ2v) is 6.30. The zero-order valence-electron chi connectivity index (χ0n) is 10.2. The SMILES string of the molecule is CN(c1ccccc1[Se]C#N)C1CCCCC1. The van der Waals surface area contributed by atoms with Gasteiger partial charge in [-0.1, -0.05) is 0 Å². The summed E-state index contributed by atoms with van der Waals surface area (Å²) in [5, 5.41) is 8.90. The number of benzene rings is 1. The van der Waals surface area contributed by atoms with Crippen molar-refractivity contribution in [2.45, 2.75) is 38.1 Å². The number of nitrogens with zero attached hydrogens (tertiary/aromatic N) is 2. The molecular weight excluding hydrogens is 275 g/mol. The molecule has 1 aliphatic carbocycles. The van der Waals surface area contributed by atoms with E-state index in [0.717, 1.165) is 0 Å². The molecule has 0 atom stereocenters. The number of nitriles is 1. The summed E-state index contributed by atoms with van der Waals surface area (Å²) in [4.78, 5) is 4.71. The van der Waals surface area contributed by atoms with Crippen LogP contribution < -0.4 is 9.36 Å². The molecule has 3 heteroatoms. The number of para-hydroxylation sites is 1. The van der Waals surface area contributed by atoms with Gasteiger partial charge in [0.05, 0.1) is 0 Å². The first-order valence-electron chi connectivity index (χ1n) is 6.20. The normalized spacial score (nSPS) is 16.5. The molecule has 90 valence electrons. The fourth-order valence-electron chi connectivity index (χ4n) is 2.55. The monoisotopic (exact) mass is 294 g/mol. The van der Waals surface area contributed by atoms with E-state index in [1.165, 1.54) is 42.3 Å². The van der Waals surface area contributed by atoms with Crippen molar-refractivity contribution < 1.29 is 0 Å². The van der Waals surface area contributed by atoms with Crippen molar-refractivity contribution in [3.8, 4) is 4.97 Å². The Morgan fingerprint density at radius 1 is 1.24 bits per heavy atom. The number of rotatable bonds is 3. The quantitative estimate of drug-likeness (QED) is 0.799. The Labute approximate surface area is 110 Å². The third-order valence-electron chi connectivity index (χ3n) is 3.52. The van der Waals surface area contributed by atoms with E-state index in [-0.39, 0.29) is 15.0 Å². The Balaban J connectivity index is 2.17. The molecule has 17 heavy (non-hydrogen) atoms. The Kier molecular flexibility index (Phi) is 4.48. The van der Waals surface area contributed by atoms with Crippen molar-refractivity contribution in [1.29, 1.82) is 5.26 Å². The second-order valence-electron chi connectivity index (χ2n) is 4.56. The predicted molar refractivity (Wildman–Crippen MR) is 72.7 cm³/mol. The minimum atomic E-state index is -0.0560. The molecule has 0 unspecified atom stereocenters. The van der Waals surface area contributed by atoms with Gasteiger partial charge in [-0.3, -0.25) is 0 Å². The van der Waals surface area contributed by atoms with Gasteiger partial charge in [-0.25, -0.2) is 0 Å². The van der Waals surface area contributed by atoms with Crippen molar-refractivity contribution in [2.24, 2.45) is 0 Å². The van der Waals surface area contributed by atoms with Crippen molar-refractivity contribution in [1.82, 2.24) is 0 Å². The van der Waals surface area contributed by atoms with Gasteiger partial charge in [0.25, 0.3) is 0 Å². The molecule has 1 aliphatic rings. The summed E-state index contributed by atoms with van der Waals surface area (Å²) in [5.74, 6) is 0. The Bertz CT molecular complexity index is 405. The van der Waals surface area contributed by atoms with Crippen LogP contribution in [0.4, 0.5) is 5.69 Å². The summed E-state index contributed by atoms with van der Waals surface area (Å²) >= 11 is -0.0560. The molecule has 0 bridgehead atoms. The molecule has 0 aliphatic heterocycles. The molecule has 0 aromatic heterocycles. The molecule has 0 N–H and O–H groups in total. The summed E-state index contributed by atoms with van der Waals surface area (Å²) in [6.07, 6.45) is 6.67. The van der Waals surface area contributed by atoms with Crippen LogP contribution >= 0.6 is 0 Å². The zero-order valence-corrected chi connectivity index (χ0v) is 11.9. The van der Waals surface area contributed by atoms with Gasteiger partial charge in [0, 0.05) is 0 Å². The van der Waals surface area contributed by atoms with Crippen LogP contribution in [0.5, 0.6) is 0 Å². The molecule has 0 radical (unpaired) electrons. The van der Waals surface area contributed by atoms with Crippen molar-refractivity contribution in [2.75, 3.05) is 11.9 Å². The van der Waals surface area contributed by atoms with Crippen molar-refractivity contribution in [3.63, 3.8) is 0 Å². The van der Waals surface area contributed by atoms with Gasteiger partial charge in [-0.15, -0.1) is 0 Å². The molecule has 0 heterocycles. The minimum absolute atomic E-state index is 0.0560. The maximum absolute atomic E-state index is 8.90. The van der Waals surface area contributed by atoms with Crippen LogP contribution in [0, 0.1) is 10.2 Å². The van der Waals surface area contributed by atoms with Gasteiger partial charge in [0.15, 0.2) is 0 Å². The van der Waals surface area contributed by atoms with Crippen LogP contribution in [-0.4, -0.2) is 28.0 Å². The Morgan fingerprint density at radius 3 is 2.65 bits per heavy atom. The van der Waals surface area contributed by atoms with Crippen LogP contribution in [0.3, 0.4) is 0 Å². The van der Waals surface area contributed by atoms with Crippen molar-refractivity contribution >= 4 is 25.1 Å². The average molecular weight is 293 g/mol. The van der Waals surface area contributed by atoms with E-state index in [1.807, 2.05) is 6.07 Å². The molecule has 0 amide bonds. The molecule has 2 nitrogen and oxygen atoms in total. The fraction of sp³-hybridized carbons (Fsp3) is 0.500. The summed E-state index contributed by atoms with van der Waals surface area (Å²) in [7, 11) is 2.18. The number of hydrogen-bond acceptors (Lipinski definition) is 2. The first-order valence-corrected chi connectivity index (χ1v) is 7.92. The van der Waals surface area contributed by atoms with Crippen LogP contribution in [-0.2, 0) is 0 Å². The third-order valence-corrected chi connectivity index (χ3v) is 4.90. The molecule has 1 saturated carbocycles. The first-order chi connectivity index (χ1) is 8.33. The fourth-order valence-corrected chi connectivity index (χ4v) is 3.73. The van der Waals surface area contributed by atoms with Gasteiger partial charge in [-0.2, -0.15) is 0 Å². The average Bonchev–Trinajstić information content (AvgIpc) is 2.40. The van der Waals surface area contributed by atoms with E-state index in [4.69, 9.17) is 5.26 Å².